The van der Waals surface area contributed by atoms with Crippen molar-refractivity contribution >= 4 is 27.5 Å². The number of methoxy groups -OCH3 is 1. The number of halogens is 2. The lowest BCUT2D eigenvalue weighted by Crippen LogP contribution is -2.51. The molecule has 10 heteroatoms. The molecule has 0 aliphatic carbocycles. The SMILES string of the molecule is C#Cc1c(F)ccc2cccc(-c3ncc4c(N5CC6CCC(C5)N6)nc(OC[C@@]56CC(C)CN5C[C@H](OC)C6)nc4c3F)c12. The predicted octanol–water partition coefficient (Wildman–Crippen LogP) is 4.92. The fraction of sp³-hybridized carbons (Fsp3) is 0.457. The third kappa shape index (κ3) is 4.71. The number of fused-ring (bicyclic) bond motifs is 5. The number of hydrogen-bond acceptors (Lipinski definition) is 8. The molecule has 4 saturated heterocycles. The van der Waals surface area contributed by atoms with Crippen molar-refractivity contribution in [2.45, 2.75) is 56.3 Å². The van der Waals surface area contributed by atoms with Crippen molar-refractivity contribution < 1.29 is 18.3 Å². The van der Waals surface area contributed by atoms with Crippen molar-refractivity contribution in [3.8, 4) is 29.6 Å². The van der Waals surface area contributed by atoms with Crippen LogP contribution in [0.15, 0.2) is 36.5 Å². The largest absolute Gasteiger partial charge is 0.461 e. The van der Waals surface area contributed by atoms with E-state index in [0.717, 1.165) is 51.9 Å². The average molecular weight is 611 g/mol. The van der Waals surface area contributed by atoms with Crippen LogP contribution in [0.1, 0.15) is 38.2 Å². The quantitative estimate of drug-likeness (QED) is 0.309. The van der Waals surface area contributed by atoms with Crippen molar-refractivity contribution in [2.75, 3.05) is 44.8 Å². The van der Waals surface area contributed by atoms with E-state index in [1.807, 2.05) is 6.07 Å². The van der Waals surface area contributed by atoms with Gasteiger partial charge in [-0.3, -0.25) is 9.88 Å². The molecule has 2 bridgehead atoms. The van der Waals surface area contributed by atoms with Gasteiger partial charge in [0.15, 0.2) is 5.82 Å². The first-order chi connectivity index (χ1) is 21.9. The normalized spacial score (nSPS) is 27.8. The molecule has 1 N–H and O–H groups in total. The van der Waals surface area contributed by atoms with Crippen molar-refractivity contribution in [1.82, 2.24) is 25.2 Å². The van der Waals surface area contributed by atoms with E-state index in [0.29, 0.717) is 52.1 Å². The molecular formula is C35H36F2N6O2. The van der Waals surface area contributed by atoms with E-state index in [-0.39, 0.29) is 34.4 Å². The van der Waals surface area contributed by atoms with Gasteiger partial charge in [0.1, 0.15) is 29.5 Å². The van der Waals surface area contributed by atoms with Crippen molar-refractivity contribution in [2.24, 2.45) is 5.92 Å². The lowest BCUT2D eigenvalue weighted by Gasteiger charge is -2.34. The Morgan fingerprint density at radius 2 is 1.89 bits per heavy atom. The summed E-state index contributed by atoms with van der Waals surface area (Å²) < 4.78 is 43.8. The molecule has 2 aromatic carbocycles. The number of anilines is 1. The first-order valence-corrected chi connectivity index (χ1v) is 15.8. The van der Waals surface area contributed by atoms with Crippen LogP contribution in [0.3, 0.4) is 0 Å². The number of benzene rings is 2. The number of piperazine rings is 1. The molecule has 6 heterocycles. The van der Waals surface area contributed by atoms with E-state index < -0.39 is 11.6 Å². The van der Waals surface area contributed by atoms with Gasteiger partial charge in [-0.1, -0.05) is 37.1 Å². The van der Waals surface area contributed by atoms with Gasteiger partial charge in [-0.2, -0.15) is 9.97 Å². The molecule has 3 unspecified atom stereocenters. The first-order valence-electron chi connectivity index (χ1n) is 15.8. The number of aromatic nitrogens is 3. The van der Waals surface area contributed by atoms with Crippen molar-refractivity contribution in [3.05, 3.63) is 53.7 Å². The summed E-state index contributed by atoms with van der Waals surface area (Å²) in [7, 11) is 1.76. The maximum atomic E-state index is 16.8. The first kappa shape index (κ1) is 28.6. The molecule has 5 atom stereocenters. The zero-order chi connectivity index (χ0) is 30.9. The lowest BCUT2D eigenvalue weighted by molar-refractivity contribution is 0.0984. The van der Waals surface area contributed by atoms with Gasteiger partial charge >= 0.3 is 6.01 Å². The highest BCUT2D eigenvalue weighted by atomic mass is 19.1. The fourth-order valence-electron chi connectivity index (χ4n) is 8.37. The molecule has 4 aliphatic rings. The summed E-state index contributed by atoms with van der Waals surface area (Å²) in [6, 6.07) is 9.15. The topological polar surface area (TPSA) is 75.6 Å². The Bertz CT molecular complexity index is 1850. The Morgan fingerprint density at radius 3 is 2.67 bits per heavy atom. The highest BCUT2D eigenvalue weighted by molar-refractivity contribution is 6.02. The molecule has 45 heavy (non-hydrogen) atoms. The molecule has 232 valence electrons. The van der Waals surface area contributed by atoms with Crippen LogP contribution in [0.25, 0.3) is 32.9 Å². The second-order valence-corrected chi connectivity index (χ2v) is 13.3. The number of pyridine rings is 1. The number of nitrogens with zero attached hydrogens (tertiary/aromatic N) is 5. The second kappa shape index (κ2) is 10.9. The van der Waals surface area contributed by atoms with Crippen LogP contribution >= 0.6 is 0 Å². The van der Waals surface area contributed by atoms with Crippen LogP contribution in [0.5, 0.6) is 6.01 Å². The maximum Gasteiger partial charge on any atom is 0.319 e. The Morgan fingerprint density at radius 1 is 1.07 bits per heavy atom. The molecule has 0 spiro atoms. The number of rotatable bonds is 6. The predicted molar refractivity (Wildman–Crippen MR) is 169 cm³/mol. The van der Waals surface area contributed by atoms with Gasteiger partial charge in [0.2, 0.25) is 0 Å². The van der Waals surface area contributed by atoms with E-state index in [2.05, 4.69) is 37.9 Å². The minimum absolute atomic E-state index is 0.0549. The molecular weight excluding hydrogens is 574 g/mol. The third-order valence-electron chi connectivity index (χ3n) is 10.3. The molecule has 4 aromatic rings. The van der Waals surface area contributed by atoms with E-state index in [4.69, 9.17) is 20.9 Å². The highest BCUT2D eigenvalue weighted by Crippen LogP contribution is 2.43. The van der Waals surface area contributed by atoms with Crippen LogP contribution < -0.4 is 15.0 Å². The Hall–Kier alpha value is -3.91. The molecule has 4 aliphatic heterocycles. The van der Waals surface area contributed by atoms with Gasteiger partial charge in [0.05, 0.1) is 22.6 Å². The summed E-state index contributed by atoms with van der Waals surface area (Å²) in [6.07, 6.45) is 11.6. The van der Waals surface area contributed by atoms with Gasteiger partial charge < -0.3 is 19.7 Å². The molecule has 0 radical (unpaired) electrons. The summed E-state index contributed by atoms with van der Waals surface area (Å²) in [6.45, 7) is 6.02. The molecule has 8 nitrogen and oxygen atoms in total. The van der Waals surface area contributed by atoms with Crippen LogP contribution in [0.4, 0.5) is 14.6 Å². The standard InChI is InChI=1S/C35H36F2N6O2/c1-4-25-28(36)11-8-21-6-5-7-26(29(21)25)31-30(37)32-27(14-38-31)33(42-16-22-9-10-23(17-42)39-22)41-34(40-32)45-19-35-12-20(2)15-43(35)18-24(13-35)44-3/h1,5-8,11,14,20,22-24,39H,9-10,12-13,15-19H2,2-3H3/t20?,22?,23?,24-,35+/m1/s1. The zero-order valence-corrected chi connectivity index (χ0v) is 25.5. The highest BCUT2D eigenvalue weighted by Gasteiger charge is 2.51. The molecule has 0 amide bonds. The van der Waals surface area contributed by atoms with Crippen LogP contribution in [-0.2, 0) is 4.74 Å². The van der Waals surface area contributed by atoms with Gasteiger partial charge in [-0.25, -0.2) is 8.78 Å². The summed E-state index contributed by atoms with van der Waals surface area (Å²) in [5.74, 6) is 2.46. The average Bonchev–Trinajstić information content (AvgIpc) is 3.67. The van der Waals surface area contributed by atoms with Gasteiger partial charge in [0.25, 0.3) is 0 Å². The Labute approximate surface area is 261 Å². The fourth-order valence-corrected chi connectivity index (χ4v) is 8.37. The summed E-state index contributed by atoms with van der Waals surface area (Å²) in [4.78, 5) is 18.9. The monoisotopic (exact) mass is 610 g/mol. The number of ether oxygens (including phenoxy) is 2. The molecule has 2 aromatic heterocycles. The summed E-state index contributed by atoms with van der Waals surface area (Å²) in [5, 5.41) is 5.32. The minimum Gasteiger partial charge on any atom is -0.461 e. The Balaban J connectivity index is 1.25. The molecule has 8 rings (SSSR count). The number of nitrogens with one attached hydrogen (secondary N) is 1. The van der Waals surface area contributed by atoms with E-state index in [1.54, 1.807) is 31.5 Å². The van der Waals surface area contributed by atoms with Gasteiger partial charge in [-0.15, -0.1) is 6.42 Å². The molecule has 0 saturated carbocycles. The van der Waals surface area contributed by atoms with Crippen LogP contribution in [-0.4, -0.2) is 83.5 Å². The number of terminal acetylenes is 1. The smallest absolute Gasteiger partial charge is 0.319 e. The van der Waals surface area contributed by atoms with E-state index in [1.165, 1.54) is 6.07 Å². The Kier molecular flexibility index (Phi) is 6.89. The molecule has 4 fully saturated rings. The summed E-state index contributed by atoms with van der Waals surface area (Å²) >= 11 is 0. The number of hydrogen-bond donors (Lipinski definition) is 1. The van der Waals surface area contributed by atoms with E-state index >= 15 is 4.39 Å². The lowest BCUT2D eigenvalue weighted by atomic mass is 9.91. The van der Waals surface area contributed by atoms with Crippen LogP contribution in [0, 0.1) is 29.9 Å². The van der Waals surface area contributed by atoms with Crippen molar-refractivity contribution in [1.29, 1.82) is 0 Å². The van der Waals surface area contributed by atoms with Gasteiger partial charge in [-0.05, 0) is 43.1 Å². The summed E-state index contributed by atoms with van der Waals surface area (Å²) in [5.41, 5.74) is 0.492. The van der Waals surface area contributed by atoms with Crippen molar-refractivity contribution in [3.63, 3.8) is 0 Å². The third-order valence-corrected chi connectivity index (χ3v) is 10.3. The second-order valence-electron chi connectivity index (χ2n) is 13.3. The van der Waals surface area contributed by atoms with E-state index in [9.17, 15) is 4.39 Å². The van der Waals surface area contributed by atoms with Gasteiger partial charge in [0, 0.05) is 62.5 Å². The zero-order valence-electron chi connectivity index (χ0n) is 25.5. The van der Waals surface area contributed by atoms with Crippen LogP contribution in [0.2, 0.25) is 0 Å². The minimum atomic E-state index is -0.617. The maximum absolute atomic E-state index is 16.8.